The third-order valence-electron chi connectivity index (χ3n) is 1.73. The van der Waals surface area contributed by atoms with E-state index in [1.54, 1.807) is 0 Å². The van der Waals surface area contributed by atoms with Gasteiger partial charge in [0.25, 0.3) is 0 Å². The summed E-state index contributed by atoms with van der Waals surface area (Å²) in [6.07, 6.45) is -4.57. The molecule has 15 heavy (non-hydrogen) atoms. The summed E-state index contributed by atoms with van der Waals surface area (Å²) in [5.74, 6) is 3.48. The van der Waals surface area contributed by atoms with Gasteiger partial charge in [0.05, 0.1) is 16.8 Å². The van der Waals surface area contributed by atoms with Crippen molar-refractivity contribution < 1.29 is 23.1 Å². The molecule has 0 aromatic heterocycles. The molecule has 4 N–H and O–H groups in total. The molecule has 0 fully saturated rings. The van der Waals surface area contributed by atoms with Crippen LogP contribution in [-0.4, -0.2) is 11.1 Å². The standard InChI is InChI=1S/C8H7F3N2O2/c9-8(10,11)4-1-2-6(13-12)5(3-4)7(14)15/h1-3,13H,12H2,(H,14,15). The molecule has 0 atom stereocenters. The van der Waals surface area contributed by atoms with Crippen molar-refractivity contribution >= 4 is 11.7 Å². The number of nitrogens with one attached hydrogen (secondary N) is 1. The average molecular weight is 220 g/mol. The van der Waals surface area contributed by atoms with Crippen LogP contribution in [0.15, 0.2) is 18.2 Å². The maximum absolute atomic E-state index is 12.2. The molecule has 1 aromatic rings. The van der Waals surface area contributed by atoms with E-state index in [4.69, 9.17) is 10.9 Å². The Morgan fingerprint density at radius 2 is 2.00 bits per heavy atom. The fourth-order valence-electron chi connectivity index (χ4n) is 1.02. The summed E-state index contributed by atoms with van der Waals surface area (Å²) in [5.41, 5.74) is 0.384. The van der Waals surface area contributed by atoms with Gasteiger partial charge in [-0.3, -0.25) is 5.84 Å². The molecule has 0 aliphatic rings. The van der Waals surface area contributed by atoms with Crippen molar-refractivity contribution in [3.63, 3.8) is 0 Å². The molecule has 0 radical (unpaired) electrons. The van der Waals surface area contributed by atoms with E-state index in [0.717, 1.165) is 12.1 Å². The van der Waals surface area contributed by atoms with Crippen LogP contribution >= 0.6 is 0 Å². The summed E-state index contributed by atoms with van der Waals surface area (Å²) in [5, 5.41) is 8.62. The Kier molecular flexibility index (Phi) is 2.85. The molecule has 0 bridgehead atoms. The summed E-state index contributed by atoms with van der Waals surface area (Å²) in [6, 6.07) is 2.24. The number of anilines is 1. The minimum absolute atomic E-state index is 0.0736. The van der Waals surface area contributed by atoms with Crippen molar-refractivity contribution in [2.24, 2.45) is 5.84 Å². The first-order valence-electron chi connectivity index (χ1n) is 3.77. The molecular formula is C8H7F3N2O2. The van der Waals surface area contributed by atoms with Gasteiger partial charge >= 0.3 is 12.1 Å². The zero-order valence-corrected chi connectivity index (χ0v) is 7.30. The van der Waals surface area contributed by atoms with Crippen LogP contribution in [0.2, 0.25) is 0 Å². The molecule has 0 saturated carbocycles. The maximum Gasteiger partial charge on any atom is 0.416 e. The summed E-state index contributed by atoms with van der Waals surface area (Å²) in [6.45, 7) is 0. The van der Waals surface area contributed by atoms with Crippen molar-refractivity contribution in [1.82, 2.24) is 0 Å². The number of aromatic carboxylic acids is 1. The van der Waals surface area contributed by atoms with Crippen molar-refractivity contribution in [1.29, 1.82) is 0 Å². The van der Waals surface area contributed by atoms with Crippen LogP contribution in [0, 0.1) is 0 Å². The first-order chi connectivity index (χ1) is 6.86. The Balaban J connectivity index is 3.28. The molecule has 7 heteroatoms. The number of carbonyl (C=O) groups is 1. The maximum atomic E-state index is 12.2. The van der Waals surface area contributed by atoms with E-state index in [2.05, 4.69) is 0 Å². The minimum atomic E-state index is -4.57. The van der Waals surface area contributed by atoms with Gasteiger partial charge in [-0.2, -0.15) is 13.2 Å². The largest absolute Gasteiger partial charge is 0.478 e. The number of hydrogen-bond acceptors (Lipinski definition) is 3. The van der Waals surface area contributed by atoms with E-state index < -0.39 is 23.3 Å². The predicted octanol–water partition coefficient (Wildman–Crippen LogP) is 1.69. The number of hydrazine groups is 1. The molecule has 4 nitrogen and oxygen atoms in total. The van der Waals surface area contributed by atoms with E-state index in [-0.39, 0.29) is 5.69 Å². The second-order valence-electron chi connectivity index (χ2n) is 2.71. The van der Waals surface area contributed by atoms with Gasteiger partial charge in [0.2, 0.25) is 0 Å². The van der Waals surface area contributed by atoms with Crippen LogP contribution in [0.25, 0.3) is 0 Å². The normalized spacial score (nSPS) is 11.2. The van der Waals surface area contributed by atoms with Crippen LogP contribution in [0.1, 0.15) is 15.9 Å². The Bertz CT molecular complexity index is 390. The molecule has 0 aliphatic carbocycles. The molecule has 0 amide bonds. The Morgan fingerprint density at radius 1 is 1.40 bits per heavy atom. The van der Waals surface area contributed by atoms with Gasteiger partial charge < -0.3 is 10.5 Å². The van der Waals surface area contributed by atoms with Gasteiger partial charge in [-0.15, -0.1) is 0 Å². The molecule has 0 aliphatic heterocycles. The second-order valence-corrected chi connectivity index (χ2v) is 2.71. The summed E-state index contributed by atoms with van der Waals surface area (Å²) >= 11 is 0. The second kappa shape index (κ2) is 3.77. The van der Waals surface area contributed by atoms with Gasteiger partial charge in [-0.1, -0.05) is 0 Å². The number of halogens is 3. The topological polar surface area (TPSA) is 75.3 Å². The predicted molar refractivity (Wildman–Crippen MR) is 46.2 cm³/mol. The van der Waals surface area contributed by atoms with Gasteiger partial charge in [-0.25, -0.2) is 4.79 Å². The number of nitrogens with two attached hydrogens (primary N) is 1. The lowest BCUT2D eigenvalue weighted by molar-refractivity contribution is -0.137. The SMILES string of the molecule is NNc1ccc(C(F)(F)F)cc1C(=O)O. The van der Waals surface area contributed by atoms with E-state index in [1.165, 1.54) is 0 Å². The van der Waals surface area contributed by atoms with Gasteiger partial charge in [-0.05, 0) is 18.2 Å². The summed E-state index contributed by atoms with van der Waals surface area (Å²) in [4.78, 5) is 10.6. The highest BCUT2D eigenvalue weighted by atomic mass is 19.4. The van der Waals surface area contributed by atoms with E-state index in [1.807, 2.05) is 5.43 Å². The van der Waals surface area contributed by atoms with Crippen molar-refractivity contribution in [2.45, 2.75) is 6.18 Å². The van der Waals surface area contributed by atoms with Gasteiger partial charge in [0.1, 0.15) is 0 Å². The lowest BCUT2D eigenvalue weighted by atomic mass is 10.1. The number of nitrogen functional groups attached to an aromatic ring is 1. The number of carboxylic acids is 1. The highest BCUT2D eigenvalue weighted by molar-refractivity contribution is 5.94. The minimum Gasteiger partial charge on any atom is -0.478 e. The summed E-state index contributed by atoms with van der Waals surface area (Å²) in [7, 11) is 0. The van der Waals surface area contributed by atoms with E-state index >= 15 is 0 Å². The zero-order valence-electron chi connectivity index (χ0n) is 7.30. The molecule has 0 heterocycles. The molecule has 0 saturated heterocycles. The number of alkyl halides is 3. The quantitative estimate of drug-likeness (QED) is 0.523. The molecule has 1 rings (SSSR count). The highest BCUT2D eigenvalue weighted by Crippen LogP contribution is 2.31. The smallest absolute Gasteiger partial charge is 0.416 e. The Hall–Kier alpha value is -1.76. The zero-order chi connectivity index (χ0) is 11.6. The first-order valence-corrected chi connectivity index (χ1v) is 3.77. The van der Waals surface area contributed by atoms with Gasteiger partial charge in [0, 0.05) is 0 Å². The van der Waals surface area contributed by atoms with Crippen molar-refractivity contribution in [2.75, 3.05) is 5.43 Å². The van der Waals surface area contributed by atoms with Crippen LogP contribution < -0.4 is 11.3 Å². The fourth-order valence-corrected chi connectivity index (χ4v) is 1.02. The van der Waals surface area contributed by atoms with E-state index in [9.17, 15) is 18.0 Å². The monoisotopic (exact) mass is 220 g/mol. The average Bonchev–Trinajstić information content (AvgIpc) is 2.15. The number of hydrogen-bond donors (Lipinski definition) is 3. The number of rotatable bonds is 2. The summed E-state index contributed by atoms with van der Waals surface area (Å²) < 4.78 is 36.7. The van der Waals surface area contributed by atoms with Crippen molar-refractivity contribution in [3.05, 3.63) is 29.3 Å². The van der Waals surface area contributed by atoms with Crippen LogP contribution in [-0.2, 0) is 6.18 Å². The van der Waals surface area contributed by atoms with Crippen LogP contribution in [0.5, 0.6) is 0 Å². The Labute approximate surface area is 82.5 Å². The third-order valence-corrected chi connectivity index (χ3v) is 1.73. The molecule has 0 spiro atoms. The first kappa shape index (κ1) is 11.3. The number of carboxylic acid groups (broad SMARTS) is 1. The van der Waals surface area contributed by atoms with Crippen molar-refractivity contribution in [3.8, 4) is 0 Å². The van der Waals surface area contributed by atoms with Crippen LogP contribution in [0.4, 0.5) is 18.9 Å². The van der Waals surface area contributed by atoms with Crippen LogP contribution in [0.3, 0.4) is 0 Å². The van der Waals surface area contributed by atoms with E-state index in [0.29, 0.717) is 6.07 Å². The number of benzene rings is 1. The molecule has 0 unspecified atom stereocenters. The Morgan fingerprint density at radius 3 is 2.40 bits per heavy atom. The molecular weight excluding hydrogens is 213 g/mol. The molecule has 1 aromatic carbocycles. The lowest BCUT2D eigenvalue weighted by Gasteiger charge is -2.10. The fraction of sp³-hybridized carbons (Fsp3) is 0.125. The third kappa shape index (κ3) is 2.38. The highest BCUT2D eigenvalue weighted by Gasteiger charge is 2.31. The lowest BCUT2D eigenvalue weighted by Crippen LogP contribution is -2.14. The molecule has 82 valence electrons. The van der Waals surface area contributed by atoms with Gasteiger partial charge in [0.15, 0.2) is 0 Å².